The highest BCUT2D eigenvalue weighted by atomic mass is 16.5. The maximum atomic E-state index is 12.6. The van der Waals surface area contributed by atoms with Gasteiger partial charge in [-0.2, -0.15) is 9.61 Å². The van der Waals surface area contributed by atoms with Crippen molar-refractivity contribution in [2.75, 3.05) is 17.2 Å². The monoisotopic (exact) mass is 520 g/mol. The molecule has 0 radical (unpaired) electrons. The predicted molar refractivity (Wildman–Crippen MR) is 156 cm³/mol. The van der Waals surface area contributed by atoms with Crippen molar-refractivity contribution in [1.29, 1.82) is 0 Å². The molecular formula is C31H32N6O2. The van der Waals surface area contributed by atoms with Crippen LogP contribution < -0.4 is 21.1 Å². The van der Waals surface area contributed by atoms with E-state index in [1.165, 1.54) is 0 Å². The Morgan fingerprint density at radius 1 is 0.923 bits per heavy atom. The number of nitrogens with two attached hydrogens (primary N) is 1. The van der Waals surface area contributed by atoms with Crippen LogP contribution in [0.5, 0.6) is 5.88 Å². The number of carbonyl (C=O) groups excluding carboxylic acids is 1. The first-order valence-electron chi connectivity index (χ1n) is 13.2. The molecule has 0 saturated carbocycles. The number of urea groups is 1. The number of pyridine rings is 2. The Morgan fingerprint density at radius 2 is 1.67 bits per heavy atom. The third-order valence-electron chi connectivity index (χ3n) is 6.39. The number of rotatable bonds is 10. The fourth-order valence-electron chi connectivity index (χ4n) is 4.46. The molecule has 2 amide bonds. The maximum absolute atomic E-state index is 12.6. The molecule has 0 aliphatic carbocycles. The van der Waals surface area contributed by atoms with Crippen LogP contribution in [0.3, 0.4) is 0 Å². The highest BCUT2D eigenvalue weighted by Crippen LogP contribution is 2.37. The standard InChI is InChI=1S/C31H32N6O2/c1-2-3-10-24(32)21-39-28-15-8-14-27-29(22-16-18-33-19-17-22)30(36-37(27)28)23-9-7-13-26(20-23)35-31(38)34-25-11-5-4-6-12-25/h4-9,11-20,24H,2-3,10,21,32H2,1H3,(H2,34,35,38). The fraction of sp³-hybridized carbons (Fsp3) is 0.194. The summed E-state index contributed by atoms with van der Waals surface area (Å²) in [7, 11) is 0. The largest absolute Gasteiger partial charge is 0.476 e. The molecule has 5 rings (SSSR count). The van der Waals surface area contributed by atoms with Crippen molar-refractivity contribution < 1.29 is 9.53 Å². The van der Waals surface area contributed by atoms with Gasteiger partial charge in [0.1, 0.15) is 12.3 Å². The molecule has 3 heterocycles. The number of ether oxygens (including phenoxy) is 1. The second kappa shape index (κ2) is 12.2. The van der Waals surface area contributed by atoms with Crippen LogP contribution in [0.25, 0.3) is 27.9 Å². The minimum atomic E-state index is -0.321. The van der Waals surface area contributed by atoms with Gasteiger partial charge < -0.3 is 21.1 Å². The lowest BCUT2D eigenvalue weighted by Gasteiger charge is -2.13. The fourth-order valence-corrected chi connectivity index (χ4v) is 4.46. The molecule has 0 fully saturated rings. The van der Waals surface area contributed by atoms with E-state index >= 15 is 0 Å². The minimum Gasteiger partial charge on any atom is -0.476 e. The average Bonchev–Trinajstić information content (AvgIpc) is 3.36. The molecule has 1 unspecified atom stereocenters. The van der Waals surface area contributed by atoms with Gasteiger partial charge in [-0.15, -0.1) is 0 Å². The van der Waals surface area contributed by atoms with Gasteiger partial charge in [-0.1, -0.05) is 56.2 Å². The SMILES string of the molecule is CCCCC(N)COc1cccc2c(-c3ccncc3)c(-c3cccc(NC(=O)Nc4ccccc4)c3)nn12. The van der Waals surface area contributed by atoms with Crippen LogP contribution in [0.2, 0.25) is 0 Å². The highest BCUT2D eigenvalue weighted by Gasteiger charge is 2.19. The van der Waals surface area contributed by atoms with Gasteiger partial charge in [0.2, 0.25) is 5.88 Å². The molecule has 0 aliphatic rings. The molecule has 5 aromatic rings. The molecule has 1 atom stereocenters. The third-order valence-corrected chi connectivity index (χ3v) is 6.39. The van der Waals surface area contributed by atoms with Crippen molar-refractivity contribution in [3.05, 3.63) is 97.3 Å². The van der Waals surface area contributed by atoms with E-state index in [2.05, 4.69) is 22.5 Å². The van der Waals surface area contributed by atoms with Gasteiger partial charge in [-0.3, -0.25) is 4.98 Å². The Morgan fingerprint density at radius 3 is 2.46 bits per heavy atom. The van der Waals surface area contributed by atoms with Crippen LogP contribution in [-0.4, -0.2) is 33.3 Å². The minimum absolute atomic E-state index is 0.0419. The van der Waals surface area contributed by atoms with Gasteiger partial charge in [0.15, 0.2) is 0 Å². The molecule has 0 aliphatic heterocycles. The van der Waals surface area contributed by atoms with E-state index in [1.807, 2.05) is 89.4 Å². The highest BCUT2D eigenvalue weighted by molar-refractivity contribution is 6.00. The number of nitrogens with zero attached hydrogens (tertiary/aromatic N) is 3. The lowest BCUT2D eigenvalue weighted by molar-refractivity contribution is 0.262. The summed E-state index contributed by atoms with van der Waals surface area (Å²) in [6.07, 6.45) is 6.61. The van der Waals surface area contributed by atoms with Crippen molar-refractivity contribution in [3.8, 4) is 28.3 Å². The summed E-state index contributed by atoms with van der Waals surface area (Å²) < 4.78 is 7.97. The summed E-state index contributed by atoms with van der Waals surface area (Å²) in [4.78, 5) is 16.8. The van der Waals surface area contributed by atoms with Gasteiger partial charge in [0, 0.05) is 47.0 Å². The van der Waals surface area contributed by atoms with E-state index in [9.17, 15) is 4.79 Å². The van der Waals surface area contributed by atoms with Crippen LogP contribution in [0, 0.1) is 0 Å². The molecule has 2 aromatic carbocycles. The topological polar surface area (TPSA) is 107 Å². The van der Waals surface area contributed by atoms with Gasteiger partial charge in [-0.05, 0) is 54.4 Å². The molecule has 3 aromatic heterocycles. The summed E-state index contributed by atoms with van der Waals surface area (Å²) in [5.74, 6) is 0.623. The van der Waals surface area contributed by atoms with Crippen LogP contribution in [0.1, 0.15) is 26.2 Å². The number of para-hydroxylation sites is 1. The second-order valence-electron chi connectivity index (χ2n) is 9.36. The number of hydrogen-bond acceptors (Lipinski definition) is 5. The first-order valence-corrected chi connectivity index (χ1v) is 13.2. The zero-order valence-electron chi connectivity index (χ0n) is 21.9. The van der Waals surface area contributed by atoms with Crippen molar-refractivity contribution in [1.82, 2.24) is 14.6 Å². The van der Waals surface area contributed by atoms with Gasteiger partial charge in [0.25, 0.3) is 0 Å². The first kappa shape index (κ1) is 25.9. The molecule has 198 valence electrons. The molecule has 8 heteroatoms. The van der Waals surface area contributed by atoms with Crippen LogP contribution in [0.4, 0.5) is 16.2 Å². The molecule has 0 bridgehead atoms. The molecular weight excluding hydrogens is 488 g/mol. The van der Waals surface area contributed by atoms with E-state index in [-0.39, 0.29) is 12.1 Å². The van der Waals surface area contributed by atoms with E-state index in [0.29, 0.717) is 23.9 Å². The molecule has 39 heavy (non-hydrogen) atoms. The van der Waals surface area contributed by atoms with Crippen LogP contribution in [-0.2, 0) is 0 Å². The number of aromatic nitrogens is 3. The van der Waals surface area contributed by atoms with Gasteiger partial charge in [0.05, 0.1) is 5.52 Å². The predicted octanol–water partition coefficient (Wildman–Crippen LogP) is 6.60. The summed E-state index contributed by atoms with van der Waals surface area (Å²) in [5, 5.41) is 10.8. The zero-order chi connectivity index (χ0) is 27.0. The Balaban J connectivity index is 1.49. The Labute approximate surface area is 227 Å². The van der Waals surface area contributed by atoms with Crippen LogP contribution >= 0.6 is 0 Å². The van der Waals surface area contributed by atoms with E-state index < -0.39 is 0 Å². The number of benzene rings is 2. The Hall–Kier alpha value is -4.69. The number of anilines is 2. The maximum Gasteiger partial charge on any atom is 0.323 e. The van der Waals surface area contributed by atoms with Crippen molar-refractivity contribution in [2.24, 2.45) is 5.73 Å². The lowest BCUT2D eigenvalue weighted by atomic mass is 10.0. The van der Waals surface area contributed by atoms with E-state index in [0.717, 1.165) is 47.2 Å². The molecule has 0 saturated heterocycles. The first-order chi connectivity index (χ1) is 19.1. The summed E-state index contributed by atoms with van der Waals surface area (Å²) in [6, 6.07) is 26.4. The van der Waals surface area contributed by atoms with Gasteiger partial charge in [-0.25, -0.2) is 4.79 Å². The van der Waals surface area contributed by atoms with Crippen LogP contribution in [0.15, 0.2) is 97.3 Å². The molecule has 8 nitrogen and oxygen atoms in total. The van der Waals surface area contributed by atoms with Gasteiger partial charge >= 0.3 is 6.03 Å². The van der Waals surface area contributed by atoms with Crippen molar-refractivity contribution in [2.45, 2.75) is 32.2 Å². The number of fused-ring (bicyclic) bond motifs is 1. The third kappa shape index (κ3) is 6.25. The normalized spacial score (nSPS) is 11.7. The lowest BCUT2D eigenvalue weighted by Crippen LogP contribution is -2.28. The second-order valence-corrected chi connectivity index (χ2v) is 9.36. The Kier molecular flexibility index (Phi) is 8.14. The average molecular weight is 521 g/mol. The van der Waals surface area contributed by atoms with E-state index in [4.69, 9.17) is 15.6 Å². The number of nitrogens with one attached hydrogen (secondary N) is 2. The number of hydrogen-bond donors (Lipinski definition) is 3. The van der Waals surface area contributed by atoms with E-state index in [1.54, 1.807) is 12.4 Å². The number of unbranched alkanes of at least 4 members (excludes halogenated alkanes) is 1. The van der Waals surface area contributed by atoms with Crippen molar-refractivity contribution >= 4 is 22.9 Å². The Bertz CT molecular complexity index is 1540. The smallest absolute Gasteiger partial charge is 0.323 e. The number of amides is 2. The summed E-state index contributed by atoms with van der Waals surface area (Å²) in [5.41, 5.74) is 12.1. The summed E-state index contributed by atoms with van der Waals surface area (Å²) in [6.45, 7) is 2.56. The van der Waals surface area contributed by atoms with Crippen molar-refractivity contribution in [3.63, 3.8) is 0 Å². The summed E-state index contributed by atoms with van der Waals surface area (Å²) >= 11 is 0. The quantitative estimate of drug-likeness (QED) is 0.192. The zero-order valence-corrected chi connectivity index (χ0v) is 21.9. The number of carbonyl (C=O) groups is 1. The molecule has 0 spiro atoms. The molecule has 4 N–H and O–H groups in total.